The first-order valence-corrected chi connectivity index (χ1v) is 40.3. The molecule has 0 spiro atoms. The van der Waals surface area contributed by atoms with Gasteiger partial charge in [-0.15, -0.1) is 0 Å². The monoisotopic (exact) mass is 1340 g/mol. The van der Waals surface area contributed by atoms with E-state index in [0.29, 0.717) is 19.3 Å². The number of rotatable bonds is 66. The fourth-order valence-corrected chi connectivity index (χ4v) is 11.6. The van der Waals surface area contributed by atoms with E-state index in [4.69, 9.17) is 34.6 Å². The van der Waals surface area contributed by atoms with Gasteiger partial charge in [0.25, 0.3) is 0 Å². The lowest BCUT2D eigenvalue weighted by Crippen LogP contribution is -2.43. The average Bonchev–Trinajstić information content (AvgIpc) is 3.70. The molecule has 0 atom stereocenters. The zero-order valence-corrected chi connectivity index (χ0v) is 63.4. The number of quaternary nitrogens is 3. The first-order valence-electron chi connectivity index (χ1n) is 38.9. The summed E-state index contributed by atoms with van der Waals surface area (Å²) in [5.74, 6) is 0.603. The number of aliphatic hydroxyl groups is 3. The first-order chi connectivity index (χ1) is 44.0. The third-order valence-corrected chi connectivity index (χ3v) is 17.9. The number of nitrogens with zero attached hydrogens (tertiary/aromatic N) is 3. The summed E-state index contributed by atoms with van der Waals surface area (Å²) >= 11 is 0. The maximum atomic E-state index is 11.9. The molecular formula is C75H159N6O10P. The highest BCUT2D eigenvalue weighted by molar-refractivity contribution is 7.40. The second-order valence-corrected chi connectivity index (χ2v) is 29.9. The van der Waals surface area contributed by atoms with Crippen molar-refractivity contribution in [2.75, 3.05) is 121 Å². The van der Waals surface area contributed by atoms with Crippen LogP contribution in [-0.4, -0.2) is 167 Å². The number of nitrogens with one attached hydrogen (secondary N) is 3. The molecule has 0 radical (unpaired) electrons. The molecule has 0 bridgehead atoms. The third kappa shape index (κ3) is 92.5. The summed E-state index contributed by atoms with van der Waals surface area (Å²) in [6.07, 6.45) is 65.9. The predicted octanol–water partition coefficient (Wildman–Crippen LogP) is 14.6. The topological polar surface area (TPSA) is 234 Å². The molecule has 3 amide bonds. The van der Waals surface area contributed by atoms with E-state index in [2.05, 4.69) is 79.0 Å². The second-order valence-electron chi connectivity index (χ2n) is 29.0. The summed E-state index contributed by atoms with van der Waals surface area (Å²) in [5.41, 5.74) is 0. The fraction of sp³-hybridized carbons (Fsp3) is 0.960. The molecule has 16 nitrogen and oxygen atoms in total. The Balaban J connectivity index is -0.000000607. The van der Waals surface area contributed by atoms with Crippen LogP contribution in [0, 0.1) is 0 Å². The van der Waals surface area contributed by atoms with Gasteiger partial charge in [0.05, 0.1) is 81.7 Å². The Morgan fingerprint density at radius 1 is 0.272 bits per heavy atom. The van der Waals surface area contributed by atoms with Crippen molar-refractivity contribution in [2.45, 2.75) is 348 Å². The van der Waals surface area contributed by atoms with Crippen LogP contribution < -0.4 is 30.6 Å². The van der Waals surface area contributed by atoms with Gasteiger partial charge in [0.2, 0.25) is 17.7 Å². The van der Waals surface area contributed by atoms with Crippen LogP contribution in [0.3, 0.4) is 0 Å². The van der Waals surface area contributed by atoms with Crippen LogP contribution in [0.1, 0.15) is 348 Å². The van der Waals surface area contributed by atoms with Crippen molar-refractivity contribution in [3.05, 3.63) is 0 Å². The second kappa shape index (κ2) is 73.5. The zero-order valence-electron chi connectivity index (χ0n) is 62.5. The van der Waals surface area contributed by atoms with Crippen molar-refractivity contribution in [1.82, 2.24) is 16.0 Å². The Morgan fingerprint density at radius 2 is 0.413 bits per heavy atom. The number of hydrogen-bond donors (Lipinski definition) is 6. The Morgan fingerprint density at radius 3 is 0.554 bits per heavy atom. The Kier molecular flexibility index (Phi) is 77.3. The number of carbonyl (C=O) groups is 3. The standard InChI is InChI=1S/3C25H52N2O2.H3O4P/c3*1-4-5-6-7-8-9-10-11-12-13-14-15-16-17-18-20-25(29)26-21-19-22-27(2,3)23-24-28;1-5(2,3)4/h3*28H,4-24H2,1-3H3;(H3,1,2,3,4). The lowest BCUT2D eigenvalue weighted by Gasteiger charge is -2.36. The molecule has 0 rings (SSSR count). The molecule has 0 aliphatic carbocycles. The van der Waals surface area contributed by atoms with Crippen LogP contribution in [0.2, 0.25) is 0 Å². The van der Waals surface area contributed by atoms with Gasteiger partial charge in [-0.3, -0.25) is 14.4 Å². The van der Waals surface area contributed by atoms with E-state index in [9.17, 15) is 14.4 Å². The van der Waals surface area contributed by atoms with Gasteiger partial charge in [0, 0.05) is 58.2 Å². The Labute approximate surface area is 570 Å². The maximum absolute atomic E-state index is 11.9. The van der Waals surface area contributed by atoms with Gasteiger partial charge in [-0.05, 0) is 19.3 Å². The van der Waals surface area contributed by atoms with Gasteiger partial charge in [-0.1, -0.05) is 290 Å². The van der Waals surface area contributed by atoms with Crippen LogP contribution in [0.5, 0.6) is 0 Å². The molecule has 0 fully saturated rings. The predicted molar refractivity (Wildman–Crippen MR) is 386 cm³/mol. The number of amides is 3. The SMILES string of the molecule is CCCCCCCCCCCCCCCCCC(=O)NCCC[N+](C)(C)CCO.CCCCCCCCCCCCCCCCCC(=O)NCCC[N+](C)(C)CCO.CCCCCCCCCCCCCCCCCC(=O)NCCC[N+](C)(C)CCO.O=P([O-])([O-])[O-]. The van der Waals surface area contributed by atoms with Gasteiger partial charge in [-0.25, -0.2) is 0 Å². The van der Waals surface area contributed by atoms with Crippen molar-refractivity contribution in [3.63, 3.8) is 0 Å². The van der Waals surface area contributed by atoms with E-state index in [1.807, 2.05) is 0 Å². The van der Waals surface area contributed by atoms with E-state index in [1.165, 1.54) is 270 Å². The number of unbranched alkanes of at least 4 members (excludes halogenated alkanes) is 42. The van der Waals surface area contributed by atoms with Crippen molar-refractivity contribution >= 4 is 25.5 Å². The summed E-state index contributed by atoms with van der Waals surface area (Å²) in [7, 11) is 7.32. The molecular weight excluding hydrogens is 1180 g/mol. The number of phosphoric acid groups is 1. The van der Waals surface area contributed by atoms with Crippen LogP contribution in [0.4, 0.5) is 0 Å². The van der Waals surface area contributed by atoms with Crippen molar-refractivity contribution in [2.24, 2.45) is 0 Å². The van der Waals surface area contributed by atoms with Crippen LogP contribution in [-0.2, 0) is 18.9 Å². The molecule has 0 aromatic carbocycles. The Hall–Kier alpha value is -1.72. The minimum atomic E-state index is -5.39. The number of aliphatic hydroxyl groups excluding tert-OH is 3. The summed E-state index contributed by atoms with van der Waals surface area (Å²) < 4.78 is 11.0. The van der Waals surface area contributed by atoms with E-state index < -0.39 is 7.82 Å². The smallest absolute Gasteiger partial charge is 0.219 e. The molecule has 0 aliphatic heterocycles. The van der Waals surface area contributed by atoms with Gasteiger partial charge in [0.1, 0.15) is 19.6 Å². The quantitative estimate of drug-likeness (QED) is 0.0191. The fourth-order valence-electron chi connectivity index (χ4n) is 11.6. The summed E-state index contributed by atoms with van der Waals surface area (Å²) in [6, 6.07) is 0. The van der Waals surface area contributed by atoms with Gasteiger partial charge < -0.3 is 64.0 Å². The minimum absolute atomic E-state index is 0.201. The van der Waals surface area contributed by atoms with E-state index >= 15 is 0 Å². The first kappa shape index (κ1) is 96.7. The average molecular weight is 1340 g/mol. The highest BCUT2D eigenvalue weighted by Crippen LogP contribution is 2.17. The largest absolute Gasteiger partial charge is 0.822 e. The molecule has 17 heteroatoms. The minimum Gasteiger partial charge on any atom is -0.822 e. The molecule has 0 saturated heterocycles. The molecule has 0 saturated carbocycles. The van der Waals surface area contributed by atoms with Crippen LogP contribution in [0.25, 0.3) is 0 Å². The highest BCUT2D eigenvalue weighted by Gasteiger charge is 2.16. The normalized spacial score (nSPS) is 11.7. The highest BCUT2D eigenvalue weighted by atomic mass is 31.2. The van der Waals surface area contributed by atoms with Gasteiger partial charge in [-0.2, -0.15) is 7.82 Å². The van der Waals surface area contributed by atoms with E-state index in [-0.39, 0.29) is 37.5 Å². The lowest BCUT2D eigenvalue weighted by molar-refractivity contribution is -0.890. The summed E-state index contributed by atoms with van der Waals surface area (Å²) in [4.78, 5) is 61.3. The van der Waals surface area contributed by atoms with Crippen molar-refractivity contribution < 1.29 is 62.4 Å². The molecule has 92 heavy (non-hydrogen) atoms. The summed E-state index contributed by atoms with van der Waals surface area (Å²) in [5, 5.41) is 36.2. The Bertz CT molecular complexity index is 1400. The van der Waals surface area contributed by atoms with E-state index in [0.717, 1.165) is 111 Å². The molecule has 0 aromatic rings. The number of likely N-dealkylation sites (N-methyl/N-ethyl adjacent to an activating group) is 3. The summed E-state index contributed by atoms with van der Waals surface area (Å²) in [6.45, 7) is 15.0. The number of carbonyl (C=O) groups excluding carboxylic acids is 3. The third-order valence-electron chi connectivity index (χ3n) is 17.9. The lowest BCUT2D eigenvalue weighted by atomic mass is 10.0. The number of hydrogen-bond acceptors (Lipinski definition) is 10. The van der Waals surface area contributed by atoms with E-state index in [1.54, 1.807) is 0 Å². The van der Waals surface area contributed by atoms with Crippen molar-refractivity contribution in [1.29, 1.82) is 0 Å². The van der Waals surface area contributed by atoms with Crippen LogP contribution in [0.15, 0.2) is 0 Å². The molecule has 0 aromatic heterocycles. The zero-order chi connectivity index (χ0) is 69.4. The van der Waals surface area contributed by atoms with Gasteiger partial charge >= 0.3 is 0 Å². The van der Waals surface area contributed by atoms with Crippen molar-refractivity contribution in [3.8, 4) is 0 Å². The van der Waals surface area contributed by atoms with Gasteiger partial charge in [0.15, 0.2) is 0 Å². The van der Waals surface area contributed by atoms with Crippen LogP contribution >= 0.6 is 7.82 Å². The molecule has 554 valence electrons. The molecule has 0 unspecified atom stereocenters. The molecule has 6 N–H and O–H groups in total. The molecule has 0 heterocycles. The maximum Gasteiger partial charge on any atom is 0.219 e. The molecule has 0 aliphatic rings.